The van der Waals surface area contributed by atoms with Gasteiger partial charge in [-0.15, -0.1) is 0 Å². The van der Waals surface area contributed by atoms with E-state index in [1.165, 1.54) is 0 Å². The van der Waals surface area contributed by atoms with Crippen molar-refractivity contribution in [3.63, 3.8) is 0 Å². The summed E-state index contributed by atoms with van der Waals surface area (Å²) >= 11 is 3.44. The van der Waals surface area contributed by atoms with Crippen molar-refractivity contribution in [2.24, 2.45) is 0 Å². The first-order valence-electron chi connectivity index (χ1n) is 6.42. The van der Waals surface area contributed by atoms with E-state index in [0.29, 0.717) is 12.8 Å². The average molecular weight is 342 g/mol. The first-order valence-corrected chi connectivity index (χ1v) is 7.21. The van der Waals surface area contributed by atoms with Crippen molar-refractivity contribution < 1.29 is 19.4 Å². The molecular weight excluding hydrogens is 326 g/mol. The lowest BCUT2D eigenvalue weighted by Gasteiger charge is -2.18. The van der Waals surface area contributed by atoms with Crippen LogP contribution in [0.25, 0.3) is 0 Å². The molecule has 1 aliphatic rings. The molecule has 0 aliphatic carbocycles. The number of nitrogens with one attached hydrogen (secondary N) is 1. The van der Waals surface area contributed by atoms with Crippen LogP contribution in [0, 0.1) is 0 Å². The summed E-state index contributed by atoms with van der Waals surface area (Å²) in [5.74, 6) is -1.28. The molecule has 2 N–H and O–H groups in total. The Bertz CT molecular complexity index is 520. The van der Waals surface area contributed by atoms with Gasteiger partial charge in [0.05, 0.1) is 6.04 Å². The minimum absolute atomic E-state index is 0.175. The van der Waals surface area contributed by atoms with Crippen LogP contribution in [0.2, 0.25) is 0 Å². The first-order chi connectivity index (χ1) is 9.49. The third-order valence-corrected chi connectivity index (χ3v) is 4.04. The van der Waals surface area contributed by atoms with Gasteiger partial charge in [-0.25, -0.2) is 4.79 Å². The molecule has 1 heterocycles. The molecule has 1 aromatic rings. The summed E-state index contributed by atoms with van der Waals surface area (Å²) in [7, 11) is 0. The van der Waals surface area contributed by atoms with E-state index in [9.17, 15) is 9.59 Å². The number of carboxylic acid groups (broad SMARTS) is 1. The Morgan fingerprint density at radius 1 is 1.35 bits per heavy atom. The second kappa shape index (κ2) is 6.37. The standard InChI is InChI=1S/C14H16BrNO4/c1-8(9-4-2-3-5-10(9)15)16-13(17)11-6-7-12(20-11)14(18)19/h2-5,8,11-12H,6-7H2,1H3,(H,16,17)(H,18,19)/t8-,11+,12-/m1/s1. The number of hydrogen-bond donors (Lipinski definition) is 2. The maximum Gasteiger partial charge on any atom is 0.332 e. The predicted octanol–water partition coefficient (Wildman–Crippen LogP) is 2.26. The predicted molar refractivity (Wildman–Crippen MR) is 76.2 cm³/mol. The van der Waals surface area contributed by atoms with Crippen LogP contribution in [0.4, 0.5) is 0 Å². The molecule has 6 heteroatoms. The van der Waals surface area contributed by atoms with Crippen molar-refractivity contribution in [2.45, 2.75) is 38.0 Å². The second-order valence-corrected chi connectivity index (χ2v) is 5.64. The van der Waals surface area contributed by atoms with E-state index in [1.54, 1.807) is 0 Å². The number of benzene rings is 1. The second-order valence-electron chi connectivity index (χ2n) is 4.78. The average Bonchev–Trinajstić information content (AvgIpc) is 2.88. The molecule has 0 aromatic heterocycles. The Hall–Kier alpha value is -1.40. The highest BCUT2D eigenvalue weighted by Crippen LogP contribution is 2.24. The number of amides is 1. The van der Waals surface area contributed by atoms with Crippen LogP contribution in [0.15, 0.2) is 28.7 Å². The molecule has 1 aromatic carbocycles. The van der Waals surface area contributed by atoms with E-state index in [1.807, 2.05) is 31.2 Å². The molecule has 0 radical (unpaired) electrons. The number of carbonyl (C=O) groups is 2. The Kier molecular flexibility index (Phi) is 4.77. The Morgan fingerprint density at radius 3 is 2.60 bits per heavy atom. The van der Waals surface area contributed by atoms with Gasteiger partial charge in [-0.1, -0.05) is 34.1 Å². The van der Waals surface area contributed by atoms with Gasteiger partial charge in [-0.3, -0.25) is 4.79 Å². The zero-order valence-electron chi connectivity index (χ0n) is 11.0. The molecule has 1 amide bonds. The third kappa shape index (κ3) is 3.37. The van der Waals surface area contributed by atoms with Crippen LogP contribution >= 0.6 is 15.9 Å². The van der Waals surface area contributed by atoms with E-state index in [0.717, 1.165) is 10.0 Å². The van der Waals surface area contributed by atoms with E-state index >= 15 is 0 Å². The zero-order valence-corrected chi connectivity index (χ0v) is 12.6. The van der Waals surface area contributed by atoms with Crippen LogP contribution in [0.3, 0.4) is 0 Å². The number of rotatable bonds is 4. The lowest BCUT2D eigenvalue weighted by atomic mass is 10.1. The highest BCUT2D eigenvalue weighted by atomic mass is 79.9. The summed E-state index contributed by atoms with van der Waals surface area (Å²) in [6.07, 6.45) is -0.743. The molecule has 0 saturated carbocycles. The van der Waals surface area contributed by atoms with Gasteiger partial charge in [-0.2, -0.15) is 0 Å². The van der Waals surface area contributed by atoms with Gasteiger partial charge in [0.1, 0.15) is 6.10 Å². The van der Waals surface area contributed by atoms with E-state index in [-0.39, 0.29) is 11.9 Å². The molecular formula is C14H16BrNO4. The summed E-state index contributed by atoms with van der Waals surface area (Å²) in [6.45, 7) is 1.88. The number of ether oxygens (including phenoxy) is 1. The van der Waals surface area contributed by atoms with Gasteiger partial charge >= 0.3 is 5.97 Å². The molecule has 0 unspecified atom stereocenters. The van der Waals surface area contributed by atoms with E-state index in [2.05, 4.69) is 21.2 Å². The van der Waals surface area contributed by atoms with Crippen LogP contribution in [0.1, 0.15) is 31.4 Å². The molecule has 20 heavy (non-hydrogen) atoms. The van der Waals surface area contributed by atoms with Gasteiger partial charge in [-0.05, 0) is 31.4 Å². The lowest BCUT2D eigenvalue weighted by molar-refractivity contribution is -0.151. The van der Waals surface area contributed by atoms with Crippen molar-refractivity contribution in [3.05, 3.63) is 34.3 Å². The summed E-state index contributed by atoms with van der Waals surface area (Å²) in [5, 5.41) is 11.7. The maximum atomic E-state index is 12.1. The SMILES string of the molecule is C[C@@H](NC(=O)[C@@H]1CC[C@H](C(=O)O)O1)c1ccccc1Br. The summed E-state index contributed by atoms with van der Waals surface area (Å²) in [4.78, 5) is 22.9. The molecule has 2 rings (SSSR count). The highest BCUT2D eigenvalue weighted by Gasteiger charge is 2.35. The van der Waals surface area contributed by atoms with Gasteiger partial charge in [0.2, 0.25) is 5.91 Å². The monoisotopic (exact) mass is 341 g/mol. The maximum absolute atomic E-state index is 12.1. The zero-order chi connectivity index (χ0) is 14.7. The third-order valence-electron chi connectivity index (χ3n) is 3.32. The van der Waals surface area contributed by atoms with E-state index in [4.69, 9.17) is 9.84 Å². The van der Waals surface area contributed by atoms with E-state index < -0.39 is 18.2 Å². The Labute approximate surface area is 125 Å². The van der Waals surface area contributed by atoms with Crippen LogP contribution in [-0.4, -0.2) is 29.2 Å². The molecule has 1 aliphatic heterocycles. The molecule has 0 bridgehead atoms. The fraction of sp³-hybridized carbons (Fsp3) is 0.429. The van der Waals surface area contributed by atoms with Gasteiger partial charge < -0.3 is 15.2 Å². The van der Waals surface area contributed by atoms with Crippen molar-refractivity contribution >= 4 is 27.8 Å². The van der Waals surface area contributed by atoms with Crippen molar-refractivity contribution in [2.75, 3.05) is 0 Å². The Morgan fingerprint density at radius 2 is 2.00 bits per heavy atom. The van der Waals surface area contributed by atoms with Gasteiger partial charge in [0.15, 0.2) is 6.10 Å². The van der Waals surface area contributed by atoms with Crippen LogP contribution in [0.5, 0.6) is 0 Å². The Balaban J connectivity index is 1.95. The number of hydrogen-bond acceptors (Lipinski definition) is 3. The van der Waals surface area contributed by atoms with Crippen molar-refractivity contribution in [1.29, 1.82) is 0 Å². The summed E-state index contributed by atoms with van der Waals surface area (Å²) < 4.78 is 6.15. The minimum Gasteiger partial charge on any atom is -0.479 e. The normalized spacial score (nSPS) is 23.3. The molecule has 5 nitrogen and oxygen atoms in total. The molecule has 1 fully saturated rings. The molecule has 108 valence electrons. The number of halogens is 1. The first kappa shape index (κ1) is 15.0. The molecule has 3 atom stereocenters. The van der Waals surface area contributed by atoms with Crippen LogP contribution < -0.4 is 5.32 Å². The molecule has 1 saturated heterocycles. The quantitative estimate of drug-likeness (QED) is 0.880. The summed E-state index contributed by atoms with van der Waals surface area (Å²) in [5.41, 5.74) is 0.966. The number of carboxylic acids is 1. The number of carbonyl (C=O) groups excluding carboxylic acids is 1. The highest BCUT2D eigenvalue weighted by molar-refractivity contribution is 9.10. The summed E-state index contributed by atoms with van der Waals surface area (Å²) in [6, 6.07) is 7.45. The lowest BCUT2D eigenvalue weighted by Crippen LogP contribution is -2.37. The number of aliphatic carboxylic acids is 1. The fourth-order valence-corrected chi connectivity index (χ4v) is 2.85. The van der Waals surface area contributed by atoms with Crippen molar-refractivity contribution in [3.8, 4) is 0 Å². The molecule has 0 spiro atoms. The van der Waals surface area contributed by atoms with Gasteiger partial charge in [0.25, 0.3) is 0 Å². The van der Waals surface area contributed by atoms with Crippen LogP contribution in [-0.2, 0) is 14.3 Å². The topological polar surface area (TPSA) is 75.6 Å². The minimum atomic E-state index is -1.01. The largest absolute Gasteiger partial charge is 0.479 e. The van der Waals surface area contributed by atoms with Gasteiger partial charge in [0, 0.05) is 4.47 Å². The smallest absolute Gasteiger partial charge is 0.332 e. The fourth-order valence-electron chi connectivity index (χ4n) is 2.22. The van der Waals surface area contributed by atoms with Crippen molar-refractivity contribution in [1.82, 2.24) is 5.32 Å².